The van der Waals surface area contributed by atoms with Crippen LogP contribution in [0.15, 0.2) is 22.7 Å². The van der Waals surface area contributed by atoms with Gasteiger partial charge in [0.1, 0.15) is 12.4 Å². The molecule has 1 aromatic rings. The number of aliphatic hydroxyl groups is 2. The molecule has 2 N–H and O–H groups in total. The number of rotatable bonds is 5. The van der Waals surface area contributed by atoms with Crippen LogP contribution in [0.3, 0.4) is 0 Å². The molecule has 0 saturated heterocycles. The van der Waals surface area contributed by atoms with Crippen LogP contribution in [0.5, 0.6) is 5.75 Å². The van der Waals surface area contributed by atoms with Crippen LogP contribution >= 0.6 is 15.9 Å². The quantitative estimate of drug-likeness (QED) is 0.865. The zero-order valence-corrected chi connectivity index (χ0v) is 10.2. The largest absolute Gasteiger partial charge is 0.490 e. The van der Waals surface area contributed by atoms with Gasteiger partial charge in [0.05, 0.1) is 17.2 Å². The SMILES string of the molecule is CCC(O)COc1ccc(CO)cc1Br. The summed E-state index contributed by atoms with van der Waals surface area (Å²) in [6.07, 6.45) is 0.237. The van der Waals surface area contributed by atoms with Gasteiger partial charge in [0.25, 0.3) is 0 Å². The van der Waals surface area contributed by atoms with E-state index in [1.807, 2.05) is 6.92 Å². The van der Waals surface area contributed by atoms with Crippen molar-refractivity contribution in [1.82, 2.24) is 0 Å². The molecule has 3 nitrogen and oxygen atoms in total. The second kappa shape index (κ2) is 6.10. The lowest BCUT2D eigenvalue weighted by molar-refractivity contribution is 0.104. The molecule has 15 heavy (non-hydrogen) atoms. The predicted octanol–water partition coefficient (Wildman–Crippen LogP) is 2.09. The van der Waals surface area contributed by atoms with Crippen molar-refractivity contribution >= 4 is 15.9 Å². The van der Waals surface area contributed by atoms with Crippen LogP contribution in [0.2, 0.25) is 0 Å². The second-order valence-electron chi connectivity index (χ2n) is 3.30. The monoisotopic (exact) mass is 274 g/mol. The van der Waals surface area contributed by atoms with Crippen LogP contribution in [-0.2, 0) is 6.61 Å². The summed E-state index contributed by atoms with van der Waals surface area (Å²) < 4.78 is 6.20. The van der Waals surface area contributed by atoms with Gasteiger partial charge < -0.3 is 14.9 Å². The van der Waals surface area contributed by atoms with Crippen molar-refractivity contribution < 1.29 is 14.9 Å². The van der Waals surface area contributed by atoms with Gasteiger partial charge in [-0.25, -0.2) is 0 Å². The smallest absolute Gasteiger partial charge is 0.133 e. The van der Waals surface area contributed by atoms with Crippen LogP contribution in [0.4, 0.5) is 0 Å². The van der Waals surface area contributed by atoms with Crippen molar-refractivity contribution in [1.29, 1.82) is 0 Å². The summed E-state index contributed by atoms with van der Waals surface area (Å²) in [4.78, 5) is 0. The maximum absolute atomic E-state index is 9.33. The molecule has 0 fully saturated rings. The zero-order valence-electron chi connectivity index (χ0n) is 8.61. The number of hydrogen-bond donors (Lipinski definition) is 2. The fourth-order valence-electron chi connectivity index (χ4n) is 1.06. The van der Waals surface area contributed by atoms with Crippen LogP contribution in [0.25, 0.3) is 0 Å². The summed E-state index contributed by atoms with van der Waals surface area (Å²) in [6.45, 7) is 2.20. The van der Waals surface area contributed by atoms with E-state index >= 15 is 0 Å². The first-order chi connectivity index (χ1) is 7.17. The average molecular weight is 275 g/mol. The van der Waals surface area contributed by atoms with E-state index in [0.717, 1.165) is 10.0 Å². The summed E-state index contributed by atoms with van der Waals surface area (Å²) >= 11 is 3.34. The lowest BCUT2D eigenvalue weighted by Crippen LogP contribution is -2.16. The minimum atomic E-state index is -0.436. The van der Waals surface area contributed by atoms with Crippen LogP contribution < -0.4 is 4.74 Å². The zero-order chi connectivity index (χ0) is 11.3. The molecule has 0 amide bonds. The second-order valence-corrected chi connectivity index (χ2v) is 4.15. The van der Waals surface area contributed by atoms with E-state index < -0.39 is 6.10 Å². The summed E-state index contributed by atoms with van der Waals surface area (Å²) in [5.41, 5.74) is 0.824. The Morgan fingerprint density at radius 2 is 2.20 bits per heavy atom. The van der Waals surface area contributed by atoms with Gasteiger partial charge in [-0.05, 0) is 40.0 Å². The first kappa shape index (κ1) is 12.5. The summed E-state index contributed by atoms with van der Waals surface area (Å²) in [5.74, 6) is 0.680. The fraction of sp³-hybridized carbons (Fsp3) is 0.455. The van der Waals surface area contributed by atoms with Crippen molar-refractivity contribution in [3.8, 4) is 5.75 Å². The minimum Gasteiger partial charge on any atom is -0.490 e. The Bertz CT molecular complexity index is 315. The number of aliphatic hydroxyl groups excluding tert-OH is 2. The Hall–Kier alpha value is -0.580. The van der Waals surface area contributed by atoms with E-state index in [0.29, 0.717) is 12.2 Å². The van der Waals surface area contributed by atoms with Crippen molar-refractivity contribution in [2.45, 2.75) is 26.1 Å². The third kappa shape index (κ3) is 3.81. The molecule has 1 aromatic carbocycles. The number of hydrogen-bond acceptors (Lipinski definition) is 3. The van der Waals surface area contributed by atoms with Gasteiger partial charge in [-0.2, -0.15) is 0 Å². The maximum atomic E-state index is 9.33. The van der Waals surface area contributed by atoms with E-state index in [2.05, 4.69) is 15.9 Å². The third-order valence-corrected chi connectivity index (χ3v) is 2.70. The van der Waals surface area contributed by atoms with Gasteiger partial charge in [0, 0.05) is 0 Å². The van der Waals surface area contributed by atoms with Gasteiger partial charge in [-0.15, -0.1) is 0 Å². The van der Waals surface area contributed by atoms with Crippen LogP contribution in [0.1, 0.15) is 18.9 Å². The number of ether oxygens (including phenoxy) is 1. The Morgan fingerprint density at radius 3 is 2.73 bits per heavy atom. The van der Waals surface area contributed by atoms with E-state index in [1.165, 1.54) is 0 Å². The first-order valence-corrected chi connectivity index (χ1v) is 5.66. The van der Waals surface area contributed by atoms with Gasteiger partial charge in [0.2, 0.25) is 0 Å². The van der Waals surface area contributed by atoms with Crippen LogP contribution in [-0.4, -0.2) is 22.9 Å². The molecule has 1 atom stereocenters. The van der Waals surface area contributed by atoms with Crippen molar-refractivity contribution in [3.63, 3.8) is 0 Å². The topological polar surface area (TPSA) is 49.7 Å². The molecule has 0 radical (unpaired) electrons. The highest BCUT2D eigenvalue weighted by Gasteiger charge is 2.05. The molecule has 0 heterocycles. The highest BCUT2D eigenvalue weighted by Crippen LogP contribution is 2.26. The first-order valence-electron chi connectivity index (χ1n) is 4.87. The lowest BCUT2D eigenvalue weighted by atomic mass is 10.2. The number of benzene rings is 1. The molecule has 0 aromatic heterocycles. The van der Waals surface area contributed by atoms with E-state index in [4.69, 9.17) is 9.84 Å². The van der Waals surface area contributed by atoms with Crippen molar-refractivity contribution in [2.24, 2.45) is 0 Å². The molecule has 4 heteroatoms. The molecule has 0 aliphatic rings. The molecule has 0 spiro atoms. The standard InChI is InChI=1S/C11H15BrO3/c1-2-9(14)7-15-11-4-3-8(6-13)5-10(11)12/h3-5,9,13-14H,2,6-7H2,1H3. The Morgan fingerprint density at radius 1 is 1.47 bits per heavy atom. The molecular formula is C11H15BrO3. The average Bonchev–Trinajstić information content (AvgIpc) is 2.26. The molecule has 1 rings (SSSR count). The molecule has 0 saturated carbocycles. The highest BCUT2D eigenvalue weighted by atomic mass is 79.9. The molecule has 84 valence electrons. The van der Waals surface area contributed by atoms with Gasteiger partial charge in [-0.1, -0.05) is 13.0 Å². The third-order valence-electron chi connectivity index (χ3n) is 2.08. The molecule has 0 aliphatic carbocycles. The highest BCUT2D eigenvalue weighted by molar-refractivity contribution is 9.10. The predicted molar refractivity (Wildman–Crippen MR) is 61.9 cm³/mol. The summed E-state index contributed by atoms with van der Waals surface area (Å²) in [7, 11) is 0. The molecule has 0 bridgehead atoms. The Balaban J connectivity index is 2.62. The van der Waals surface area contributed by atoms with E-state index in [1.54, 1.807) is 18.2 Å². The fourth-order valence-corrected chi connectivity index (χ4v) is 1.60. The van der Waals surface area contributed by atoms with Crippen molar-refractivity contribution in [3.05, 3.63) is 28.2 Å². The molecule has 0 aliphatic heterocycles. The summed E-state index contributed by atoms with van der Waals surface area (Å²) in [6, 6.07) is 5.37. The normalized spacial score (nSPS) is 12.5. The van der Waals surface area contributed by atoms with Gasteiger partial charge >= 0.3 is 0 Å². The number of halogens is 1. The van der Waals surface area contributed by atoms with Gasteiger partial charge in [-0.3, -0.25) is 0 Å². The molecule has 1 unspecified atom stereocenters. The minimum absolute atomic E-state index is 0.0104. The molecular weight excluding hydrogens is 260 g/mol. The summed E-state index contributed by atoms with van der Waals surface area (Å²) in [5, 5.41) is 18.2. The van der Waals surface area contributed by atoms with E-state index in [-0.39, 0.29) is 13.2 Å². The Labute approximate surface area is 97.8 Å². The Kier molecular flexibility index (Phi) is 5.08. The van der Waals surface area contributed by atoms with Gasteiger partial charge in [0.15, 0.2) is 0 Å². The van der Waals surface area contributed by atoms with E-state index in [9.17, 15) is 5.11 Å². The van der Waals surface area contributed by atoms with Crippen LogP contribution in [0, 0.1) is 0 Å². The maximum Gasteiger partial charge on any atom is 0.133 e. The van der Waals surface area contributed by atoms with Crippen molar-refractivity contribution in [2.75, 3.05) is 6.61 Å². The lowest BCUT2D eigenvalue weighted by Gasteiger charge is -2.12.